The smallest absolute Gasteiger partial charge is 0.419 e. The fraction of sp³-hybridized carbons (Fsp3) is 0.143. The van der Waals surface area contributed by atoms with Gasteiger partial charge in [-0.1, -0.05) is 6.07 Å². The van der Waals surface area contributed by atoms with Crippen molar-refractivity contribution < 1.29 is 9.90 Å². The standard InChI is InChI=1S/C7H9N3O2/c11-7(12)10-9-5-6-2-1-3-8-4-6/h1-4,9-10H,5H2,(H,11,12). The van der Waals surface area contributed by atoms with E-state index in [1.54, 1.807) is 18.5 Å². The summed E-state index contributed by atoms with van der Waals surface area (Å²) in [5.74, 6) is 0. The summed E-state index contributed by atoms with van der Waals surface area (Å²) < 4.78 is 0. The van der Waals surface area contributed by atoms with Crippen molar-refractivity contribution in [2.24, 2.45) is 0 Å². The van der Waals surface area contributed by atoms with E-state index in [1.165, 1.54) is 0 Å². The minimum absolute atomic E-state index is 0.431. The Balaban J connectivity index is 2.29. The van der Waals surface area contributed by atoms with E-state index in [9.17, 15) is 4.79 Å². The third-order valence-corrected chi connectivity index (χ3v) is 1.21. The molecule has 0 aliphatic carbocycles. The summed E-state index contributed by atoms with van der Waals surface area (Å²) in [6.45, 7) is 0.431. The van der Waals surface area contributed by atoms with Gasteiger partial charge in [0.15, 0.2) is 0 Å². The van der Waals surface area contributed by atoms with Crippen LogP contribution in [0, 0.1) is 0 Å². The van der Waals surface area contributed by atoms with E-state index in [-0.39, 0.29) is 0 Å². The van der Waals surface area contributed by atoms with Crippen LogP contribution in [0.5, 0.6) is 0 Å². The molecule has 64 valence electrons. The molecule has 1 amide bonds. The van der Waals surface area contributed by atoms with Crippen LogP contribution < -0.4 is 10.9 Å². The zero-order chi connectivity index (χ0) is 8.81. The molecule has 0 saturated heterocycles. The fourth-order valence-electron chi connectivity index (χ4n) is 0.725. The molecule has 1 rings (SSSR count). The summed E-state index contributed by atoms with van der Waals surface area (Å²) in [4.78, 5) is 13.9. The molecule has 5 nitrogen and oxygen atoms in total. The Hall–Kier alpha value is -1.62. The van der Waals surface area contributed by atoms with Gasteiger partial charge >= 0.3 is 6.09 Å². The maximum absolute atomic E-state index is 10.0. The Morgan fingerprint density at radius 2 is 2.50 bits per heavy atom. The first kappa shape index (κ1) is 8.48. The van der Waals surface area contributed by atoms with Gasteiger partial charge in [0.1, 0.15) is 0 Å². The molecule has 1 aromatic rings. The number of amides is 1. The second-order valence-electron chi connectivity index (χ2n) is 2.14. The Morgan fingerprint density at radius 3 is 3.08 bits per heavy atom. The van der Waals surface area contributed by atoms with Gasteiger partial charge in [0.2, 0.25) is 0 Å². The number of carboxylic acid groups (broad SMARTS) is 1. The van der Waals surface area contributed by atoms with Crippen molar-refractivity contribution in [2.45, 2.75) is 6.54 Å². The Morgan fingerprint density at radius 1 is 1.67 bits per heavy atom. The van der Waals surface area contributed by atoms with Gasteiger partial charge in [0.05, 0.1) is 0 Å². The van der Waals surface area contributed by atoms with Crippen LogP contribution in [0.2, 0.25) is 0 Å². The third kappa shape index (κ3) is 2.98. The molecule has 0 unspecified atom stereocenters. The first-order valence-electron chi connectivity index (χ1n) is 3.40. The summed E-state index contributed by atoms with van der Waals surface area (Å²) in [6.07, 6.45) is 2.23. The molecular formula is C7H9N3O2. The van der Waals surface area contributed by atoms with Crippen LogP contribution in [0.25, 0.3) is 0 Å². The number of aromatic nitrogens is 1. The van der Waals surface area contributed by atoms with E-state index in [4.69, 9.17) is 5.11 Å². The van der Waals surface area contributed by atoms with Crippen molar-refractivity contribution in [1.82, 2.24) is 15.8 Å². The molecule has 3 N–H and O–H groups in total. The van der Waals surface area contributed by atoms with Gasteiger partial charge in [-0.25, -0.2) is 10.2 Å². The van der Waals surface area contributed by atoms with E-state index in [1.807, 2.05) is 11.5 Å². The highest BCUT2D eigenvalue weighted by Crippen LogP contribution is 1.92. The molecule has 0 saturated carbocycles. The Kier molecular flexibility index (Phi) is 3.04. The molecule has 0 bridgehead atoms. The predicted molar refractivity (Wildman–Crippen MR) is 42.2 cm³/mol. The summed E-state index contributed by atoms with van der Waals surface area (Å²) in [7, 11) is 0. The Bertz CT molecular complexity index is 250. The lowest BCUT2D eigenvalue weighted by Crippen LogP contribution is -2.35. The van der Waals surface area contributed by atoms with Gasteiger partial charge in [-0.15, -0.1) is 0 Å². The second kappa shape index (κ2) is 4.30. The molecular weight excluding hydrogens is 158 g/mol. The zero-order valence-corrected chi connectivity index (χ0v) is 6.32. The van der Waals surface area contributed by atoms with Gasteiger partial charge in [0, 0.05) is 18.9 Å². The SMILES string of the molecule is O=C(O)NNCc1cccnc1. The molecule has 0 aromatic carbocycles. The lowest BCUT2D eigenvalue weighted by molar-refractivity contribution is 0.189. The first-order chi connectivity index (χ1) is 5.79. The molecule has 0 atom stereocenters. The van der Waals surface area contributed by atoms with Crippen LogP contribution in [-0.4, -0.2) is 16.2 Å². The highest BCUT2D eigenvalue weighted by atomic mass is 16.4. The highest BCUT2D eigenvalue weighted by Gasteiger charge is 1.92. The predicted octanol–water partition coefficient (Wildman–Crippen LogP) is 0.354. The van der Waals surface area contributed by atoms with Crippen LogP contribution in [0.1, 0.15) is 5.56 Å². The lowest BCUT2D eigenvalue weighted by Gasteiger charge is -2.02. The molecule has 5 heteroatoms. The molecule has 0 aliphatic rings. The van der Waals surface area contributed by atoms with Crippen molar-refractivity contribution in [3.8, 4) is 0 Å². The molecule has 12 heavy (non-hydrogen) atoms. The van der Waals surface area contributed by atoms with E-state index < -0.39 is 6.09 Å². The van der Waals surface area contributed by atoms with E-state index >= 15 is 0 Å². The normalized spacial score (nSPS) is 9.33. The van der Waals surface area contributed by atoms with Crippen molar-refractivity contribution in [3.63, 3.8) is 0 Å². The van der Waals surface area contributed by atoms with Gasteiger partial charge in [-0.2, -0.15) is 0 Å². The van der Waals surface area contributed by atoms with Crippen LogP contribution >= 0.6 is 0 Å². The number of pyridine rings is 1. The van der Waals surface area contributed by atoms with Crippen LogP contribution in [0.15, 0.2) is 24.5 Å². The van der Waals surface area contributed by atoms with E-state index in [0.717, 1.165) is 5.56 Å². The molecule has 1 heterocycles. The number of carbonyl (C=O) groups is 1. The molecule has 0 radical (unpaired) electrons. The Labute approximate surface area is 69.4 Å². The van der Waals surface area contributed by atoms with E-state index in [0.29, 0.717) is 6.54 Å². The van der Waals surface area contributed by atoms with Crippen molar-refractivity contribution in [2.75, 3.05) is 0 Å². The average molecular weight is 167 g/mol. The van der Waals surface area contributed by atoms with Gasteiger partial charge in [0.25, 0.3) is 0 Å². The monoisotopic (exact) mass is 167 g/mol. The maximum atomic E-state index is 10.0. The number of nitrogens with zero attached hydrogens (tertiary/aromatic N) is 1. The number of rotatable bonds is 3. The summed E-state index contributed by atoms with van der Waals surface area (Å²) in [6, 6.07) is 3.64. The summed E-state index contributed by atoms with van der Waals surface area (Å²) in [5.41, 5.74) is 5.47. The minimum Gasteiger partial charge on any atom is -0.464 e. The van der Waals surface area contributed by atoms with Gasteiger partial charge in [-0.05, 0) is 11.6 Å². The topological polar surface area (TPSA) is 74.2 Å². The first-order valence-corrected chi connectivity index (χ1v) is 3.40. The number of hydrazine groups is 1. The molecule has 0 spiro atoms. The summed E-state index contributed by atoms with van der Waals surface area (Å²) in [5, 5.41) is 8.20. The average Bonchev–Trinajstić information content (AvgIpc) is 2.05. The third-order valence-electron chi connectivity index (χ3n) is 1.21. The molecule has 0 aliphatic heterocycles. The minimum atomic E-state index is -1.10. The quantitative estimate of drug-likeness (QED) is 0.568. The largest absolute Gasteiger partial charge is 0.464 e. The van der Waals surface area contributed by atoms with Crippen molar-refractivity contribution in [3.05, 3.63) is 30.1 Å². The molecule has 1 aromatic heterocycles. The number of nitrogens with one attached hydrogen (secondary N) is 2. The van der Waals surface area contributed by atoms with Crippen LogP contribution in [0.3, 0.4) is 0 Å². The number of hydrogen-bond donors (Lipinski definition) is 3. The lowest BCUT2D eigenvalue weighted by atomic mass is 10.3. The van der Waals surface area contributed by atoms with Crippen molar-refractivity contribution in [1.29, 1.82) is 0 Å². The van der Waals surface area contributed by atoms with Gasteiger partial charge in [-0.3, -0.25) is 10.4 Å². The van der Waals surface area contributed by atoms with Crippen molar-refractivity contribution >= 4 is 6.09 Å². The summed E-state index contributed by atoms with van der Waals surface area (Å²) >= 11 is 0. The van der Waals surface area contributed by atoms with Gasteiger partial charge < -0.3 is 5.11 Å². The van der Waals surface area contributed by atoms with E-state index in [2.05, 4.69) is 10.4 Å². The zero-order valence-electron chi connectivity index (χ0n) is 6.32. The second-order valence-corrected chi connectivity index (χ2v) is 2.14. The molecule has 0 fully saturated rings. The highest BCUT2D eigenvalue weighted by molar-refractivity contribution is 5.63. The number of hydrogen-bond acceptors (Lipinski definition) is 3. The van der Waals surface area contributed by atoms with Crippen LogP contribution in [0.4, 0.5) is 4.79 Å². The maximum Gasteiger partial charge on any atom is 0.419 e. The fourth-order valence-corrected chi connectivity index (χ4v) is 0.725. The van der Waals surface area contributed by atoms with Crippen LogP contribution in [-0.2, 0) is 6.54 Å².